The van der Waals surface area contributed by atoms with Crippen LogP contribution in [0.4, 0.5) is 0 Å². The molecule has 15 heteroatoms. The SMILES string of the molecule is Cc1cccc(-c2nnc(-c3nc4ccc(C)cn4c(=O)c3OCc3ccccc3)o2)c1.Cc1cccc(C(=O)NNC(=O)c2nc3ccc(C)cn3c(=O)c2OCc2ccccc2)c1. The fraction of sp³-hybridized carbons (Fsp3) is 0.120. The molecule has 0 aliphatic heterocycles. The number of hydrazine groups is 1. The number of carbonyl (C=O) groups excluding carboxylic acids is 2. The van der Waals surface area contributed by atoms with Crippen LogP contribution in [-0.2, 0) is 13.2 Å². The van der Waals surface area contributed by atoms with Crippen molar-refractivity contribution in [1.82, 2.24) is 39.8 Å². The molecule has 9 rings (SSSR count). The molecule has 0 aliphatic carbocycles. The van der Waals surface area contributed by atoms with Crippen LogP contribution in [0.15, 0.2) is 160 Å². The number of hydrogen-bond donors (Lipinski definition) is 2. The van der Waals surface area contributed by atoms with Crippen LogP contribution in [0.2, 0.25) is 0 Å². The Hall–Kier alpha value is -8.72. The Bertz CT molecular complexity index is 3310. The first-order valence-electron chi connectivity index (χ1n) is 20.5. The van der Waals surface area contributed by atoms with E-state index < -0.39 is 17.4 Å². The Kier molecular flexibility index (Phi) is 12.6. The number of amides is 2. The average Bonchev–Trinajstić information content (AvgIpc) is 3.82. The second kappa shape index (κ2) is 19.1. The summed E-state index contributed by atoms with van der Waals surface area (Å²) in [6.45, 7) is 7.89. The number of ether oxygens (including phenoxy) is 2. The first-order chi connectivity index (χ1) is 31.5. The van der Waals surface area contributed by atoms with Gasteiger partial charge in [-0.15, -0.1) is 10.2 Å². The molecule has 0 saturated heterocycles. The van der Waals surface area contributed by atoms with E-state index in [0.717, 1.165) is 38.9 Å². The molecule has 4 aromatic carbocycles. The van der Waals surface area contributed by atoms with Crippen molar-refractivity contribution >= 4 is 23.1 Å². The molecule has 0 fully saturated rings. The van der Waals surface area contributed by atoms with Gasteiger partial charge in [-0.3, -0.25) is 38.8 Å². The Balaban J connectivity index is 0.000000177. The van der Waals surface area contributed by atoms with Crippen LogP contribution < -0.4 is 31.4 Å². The third-order valence-electron chi connectivity index (χ3n) is 9.99. The van der Waals surface area contributed by atoms with Gasteiger partial charge in [-0.1, -0.05) is 108 Å². The number of aryl methyl sites for hydroxylation is 4. The van der Waals surface area contributed by atoms with E-state index in [4.69, 9.17) is 13.9 Å². The zero-order chi connectivity index (χ0) is 45.5. The van der Waals surface area contributed by atoms with E-state index in [1.165, 1.54) is 8.80 Å². The Morgan fingerprint density at radius 3 is 1.71 bits per heavy atom. The van der Waals surface area contributed by atoms with Crippen molar-refractivity contribution in [3.63, 3.8) is 0 Å². The number of carbonyl (C=O) groups is 2. The van der Waals surface area contributed by atoms with Gasteiger partial charge in [0.1, 0.15) is 24.5 Å². The first kappa shape index (κ1) is 42.9. The molecular weight excluding hydrogens is 825 g/mol. The minimum Gasteiger partial charge on any atom is -0.481 e. The van der Waals surface area contributed by atoms with E-state index in [1.54, 1.807) is 48.8 Å². The molecule has 15 nitrogen and oxygen atoms in total. The second-order valence-electron chi connectivity index (χ2n) is 15.2. The van der Waals surface area contributed by atoms with Crippen molar-refractivity contribution in [2.45, 2.75) is 40.9 Å². The average molecular weight is 867 g/mol. The molecule has 9 aromatic rings. The molecule has 0 unspecified atom stereocenters. The van der Waals surface area contributed by atoms with Crippen molar-refractivity contribution in [3.05, 3.63) is 211 Å². The summed E-state index contributed by atoms with van der Waals surface area (Å²) >= 11 is 0. The van der Waals surface area contributed by atoms with E-state index in [2.05, 4.69) is 31.0 Å². The molecule has 2 N–H and O–H groups in total. The van der Waals surface area contributed by atoms with Crippen molar-refractivity contribution in [2.75, 3.05) is 0 Å². The molecule has 0 aliphatic rings. The largest absolute Gasteiger partial charge is 0.481 e. The topological polar surface area (TPSA) is 184 Å². The van der Waals surface area contributed by atoms with Crippen molar-refractivity contribution in [1.29, 1.82) is 0 Å². The Morgan fingerprint density at radius 1 is 0.554 bits per heavy atom. The maximum Gasteiger partial charge on any atom is 0.301 e. The molecule has 2 amide bonds. The van der Waals surface area contributed by atoms with Crippen molar-refractivity contribution < 1.29 is 23.5 Å². The fourth-order valence-corrected chi connectivity index (χ4v) is 6.72. The van der Waals surface area contributed by atoms with Gasteiger partial charge in [0, 0.05) is 23.5 Å². The lowest BCUT2D eigenvalue weighted by Gasteiger charge is -2.13. The lowest BCUT2D eigenvalue weighted by atomic mass is 10.1. The van der Waals surface area contributed by atoms with Crippen LogP contribution >= 0.6 is 0 Å². The van der Waals surface area contributed by atoms with Gasteiger partial charge in [0.25, 0.3) is 17.7 Å². The zero-order valence-corrected chi connectivity index (χ0v) is 35.8. The van der Waals surface area contributed by atoms with E-state index in [0.29, 0.717) is 17.1 Å². The molecule has 5 aromatic heterocycles. The standard InChI is InChI=1S/C25H22N4O4.C25H20N4O3/c1-16-7-6-10-19(13-16)23(30)27-28-24(31)21-22(33-15-18-8-4-3-5-9-18)25(32)29-14-17(2)11-12-20(29)26-21;1-16-7-6-10-19(13-16)23-27-28-24(32-23)21-22(31-15-18-8-4-3-5-9-18)25(30)29-14-17(2)11-12-20(29)26-21/h3-14H,15H2,1-2H3,(H,27,30)(H,28,31);3-14H,15H2,1-2H3. The second-order valence-corrected chi connectivity index (χ2v) is 15.2. The van der Waals surface area contributed by atoms with E-state index >= 15 is 0 Å². The highest BCUT2D eigenvalue weighted by Gasteiger charge is 2.24. The summed E-state index contributed by atoms with van der Waals surface area (Å²) < 4.78 is 20.4. The van der Waals surface area contributed by atoms with Crippen LogP contribution in [0.25, 0.3) is 34.3 Å². The molecule has 65 heavy (non-hydrogen) atoms. The normalized spacial score (nSPS) is 10.8. The summed E-state index contributed by atoms with van der Waals surface area (Å²) in [7, 11) is 0. The monoisotopic (exact) mass is 866 g/mol. The third-order valence-corrected chi connectivity index (χ3v) is 9.99. The number of rotatable bonds is 10. The molecule has 0 bridgehead atoms. The summed E-state index contributed by atoms with van der Waals surface area (Å²) in [6.07, 6.45) is 3.36. The highest BCUT2D eigenvalue weighted by Crippen LogP contribution is 2.29. The quantitative estimate of drug-likeness (QED) is 0.129. The predicted octanol–water partition coefficient (Wildman–Crippen LogP) is 7.57. The first-order valence-corrected chi connectivity index (χ1v) is 20.5. The van der Waals surface area contributed by atoms with E-state index in [9.17, 15) is 19.2 Å². The van der Waals surface area contributed by atoms with Crippen LogP contribution in [0, 0.1) is 27.7 Å². The minimum atomic E-state index is -0.765. The van der Waals surface area contributed by atoms with E-state index in [1.807, 2.05) is 125 Å². The minimum absolute atomic E-state index is 0.0661. The molecule has 0 spiro atoms. The van der Waals surface area contributed by atoms with E-state index in [-0.39, 0.29) is 53.2 Å². The van der Waals surface area contributed by atoms with Crippen LogP contribution in [-0.4, -0.2) is 40.8 Å². The smallest absolute Gasteiger partial charge is 0.301 e. The maximum absolute atomic E-state index is 13.3. The van der Waals surface area contributed by atoms with Gasteiger partial charge in [-0.25, -0.2) is 9.97 Å². The Labute approximate surface area is 372 Å². The third kappa shape index (κ3) is 10.00. The number of hydrogen-bond acceptors (Lipinski definition) is 11. The van der Waals surface area contributed by atoms with Gasteiger partial charge >= 0.3 is 11.1 Å². The predicted molar refractivity (Wildman–Crippen MR) is 244 cm³/mol. The summed E-state index contributed by atoms with van der Waals surface area (Å²) in [5.74, 6) is -0.916. The molecule has 0 saturated carbocycles. The van der Waals surface area contributed by atoms with Crippen molar-refractivity contribution in [2.24, 2.45) is 0 Å². The fourth-order valence-electron chi connectivity index (χ4n) is 6.72. The van der Waals surface area contributed by atoms with Gasteiger partial charge in [0.05, 0.1) is 0 Å². The molecular formula is C50H42N8O7. The summed E-state index contributed by atoms with van der Waals surface area (Å²) in [5.41, 5.74) is 11.3. The van der Waals surface area contributed by atoms with Gasteiger partial charge in [-0.2, -0.15) is 0 Å². The highest BCUT2D eigenvalue weighted by molar-refractivity contribution is 5.99. The van der Waals surface area contributed by atoms with Gasteiger partial charge in [0.2, 0.25) is 17.4 Å². The van der Waals surface area contributed by atoms with Gasteiger partial charge in [0.15, 0.2) is 11.4 Å². The number of nitrogens with zero attached hydrogens (tertiary/aromatic N) is 6. The highest BCUT2D eigenvalue weighted by atomic mass is 16.5. The summed E-state index contributed by atoms with van der Waals surface area (Å²) in [5, 5.41) is 8.33. The Morgan fingerprint density at radius 2 is 1.09 bits per heavy atom. The molecule has 0 atom stereocenters. The lowest BCUT2D eigenvalue weighted by molar-refractivity contribution is 0.0841. The summed E-state index contributed by atoms with van der Waals surface area (Å²) in [6, 6.07) is 40.7. The van der Waals surface area contributed by atoms with Crippen molar-refractivity contribution in [3.8, 4) is 34.5 Å². The van der Waals surface area contributed by atoms with Crippen LogP contribution in [0.1, 0.15) is 54.2 Å². The zero-order valence-electron chi connectivity index (χ0n) is 35.8. The molecule has 0 radical (unpaired) electrons. The lowest BCUT2D eigenvalue weighted by Crippen LogP contribution is -2.42. The number of pyridine rings is 2. The maximum atomic E-state index is 13.3. The number of aromatic nitrogens is 6. The molecule has 5 heterocycles. The number of fused-ring (bicyclic) bond motifs is 2. The number of benzene rings is 4. The molecule has 324 valence electrons. The summed E-state index contributed by atoms with van der Waals surface area (Å²) in [4.78, 5) is 60.8. The number of nitrogens with one attached hydrogen (secondary N) is 2. The van der Waals surface area contributed by atoms with Gasteiger partial charge in [-0.05, 0) is 86.3 Å². The van der Waals surface area contributed by atoms with Crippen LogP contribution in [0.3, 0.4) is 0 Å². The van der Waals surface area contributed by atoms with Gasteiger partial charge < -0.3 is 13.9 Å². The van der Waals surface area contributed by atoms with Crippen LogP contribution in [0.5, 0.6) is 11.5 Å².